The summed E-state index contributed by atoms with van der Waals surface area (Å²) in [6.07, 6.45) is 2.08. The van der Waals surface area contributed by atoms with Gasteiger partial charge < -0.3 is 10.2 Å². The molecule has 56 valence electrons. The molecule has 0 rings (SSSR count). The lowest BCUT2D eigenvalue weighted by Gasteiger charge is -1.85. The van der Waals surface area contributed by atoms with E-state index in [-0.39, 0.29) is 0 Å². The molecule has 0 aliphatic rings. The molecule has 0 atom stereocenters. The number of hydrogen-bond donors (Lipinski definition) is 2. The van der Waals surface area contributed by atoms with Crippen molar-refractivity contribution in [1.82, 2.24) is 0 Å². The van der Waals surface area contributed by atoms with Crippen LogP contribution in [0.25, 0.3) is 0 Å². The van der Waals surface area contributed by atoms with Gasteiger partial charge in [0.15, 0.2) is 0 Å². The fraction of sp³-hybridized carbons (Fsp3) is 0.833. The Bertz CT molecular complexity index is 61.3. The molecule has 0 spiro atoms. The number of carboxylic acid groups (broad SMARTS) is 1. The highest BCUT2D eigenvalue weighted by molar-refractivity contribution is 5.66. The van der Waals surface area contributed by atoms with Crippen molar-refractivity contribution in [1.29, 1.82) is 0 Å². The lowest BCUT2D eigenvalue weighted by Crippen LogP contribution is -1.91. The van der Waals surface area contributed by atoms with E-state index in [1.54, 1.807) is 0 Å². The number of hydrogen-bond acceptors (Lipinski definition) is 2. The number of rotatable bonds is 3. The zero-order chi connectivity index (χ0) is 7.70. The molecule has 0 unspecified atom stereocenters. The van der Waals surface area contributed by atoms with E-state index in [0.717, 1.165) is 20.0 Å². The van der Waals surface area contributed by atoms with Crippen molar-refractivity contribution in [3.63, 3.8) is 0 Å². The van der Waals surface area contributed by atoms with Crippen LogP contribution in [0.3, 0.4) is 0 Å². The van der Waals surface area contributed by atoms with Crippen LogP contribution >= 0.6 is 0 Å². The van der Waals surface area contributed by atoms with E-state index in [4.69, 9.17) is 10.2 Å². The van der Waals surface area contributed by atoms with Gasteiger partial charge >= 0.3 is 5.97 Å². The average molecular weight is 134 g/mol. The molecule has 0 fully saturated rings. The first-order chi connectivity index (χ1) is 4.27. The molecule has 3 nitrogen and oxygen atoms in total. The van der Waals surface area contributed by atoms with Crippen LogP contribution in [0.2, 0.25) is 0 Å². The number of aliphatic carboxylic acids is 1. The molecule has 0 bridgehead atoms. The van der Waals surface area contributed by atoms with Crippen molar-refractivity contribution >= 4 is 5.97 Å². The van der Waals surface area contributed by atoms with Gasteiger partial charge in [-0.05, 0) is 6.42 Å². The van der Waals surface area contributed by atoms with Crippen molar-refractivity contribution in [2.45, 2.75) is 26.2 Å². The quantitative estimate of drug-likeness (QED) is 0.602. The van der Waals surface area contributed by atoms with E-state index >= 15 is 0 Å². The Morgan fingerprint density at radius 3 is 2.00 bits per heavy atom. The minimum atomic E-state index is -0.693. The molecule has 9 heavy (non-hydrogen) atoms. The van der Waals surface area contributed by atoms with Gasteiger partial charge in [-0.2, -0.15) is 0 Å². The van der Waals surface area contributed by atoms with Crippen LogP contribution < -0.4 is 0 Å². The van der Waals surface area contributed by atoms with E-state index in [0.29, 0.717) is 6.42 Å². The normalized spacial score (nSPS) is 7.44. The lowest BCUT2D eigenvalue weighted by molar-refractivity contribution is -0.137. The number of unbranched alkanes of at least 4 members (excludes halogenated alkanes) is 1. The average Bonchev–Trinajstić information content (AvgIpc) is 1.88. The van der Waals surface area contributed by atoms with Crippen molar-refractivity contribution < 1.29 is 15.0 Å². The topological polar surface area (TPSA) is 57.5 Å². The lowest BCUT2D eigenvalue weighted by atomic mass is 10.3. The van der Waals surface area contributed by atoms with Crippen LogP contribution in [0.4, 0.5) is 0 Å². The van der Waals surface area contributed by atoms with Gasteiger partial charge in [-0.1, -0.05) is 13.3 Å². The highest BCUT2D eigenvalue weighted by Crippen LogP contribution is 1.91. The minimum absolute atomic E-state index is 0.316. The zero-order valence-electron chi connectivity index (χ0n) is 5.92. The van der Waals surface area contributed by atoms with Crippen molar-refractivity contribution in [3.05, 3.63) is 0 Å². The Morgan fingerprint density at radius 2 is 1.89 bits per heavy atom. The second-order valence-electron chi connectivity index (χ2n) is 1.50. The molecule has 0 heterocycles. The first-order valence-electron chi connectivity index (χ1n) is 2.94. The summed E-state index contributed by atoms with van der Waals surface area (Å²) in [7, 11) is 1.00. The van der Waals surface area contributed by atoms with Gasteiger partial charge in [-0.25, -0.2) is 0 Å². The fourth-order valence-corrected chi connectivity index (χ4v) is 0.328. The third-order valence-corrected chi connectivity index (χ3v) is 0.744. The van der Waals surface area contributed by atoms with Gasteiger partial charge in [-0.3, -0.25) is 4.79 Å². The summed E-state index contributed by atoms with van der Waals surface area (Å²) < 4.78 is 0. The zero-order valence-corrected chi connectivity index (χ0v) is 5.92. The Balaban J connectivity index is 0. The maximum absolute atomic E-state index is 9.76. The maximum Gasteiger partial charge on any atom is 0.303 e. The van der Waals surface area contributed by atoms with E-state index in [1.165, 1.54) is 0 Å². The first-order valence-corrected chi connectivity index (χ1v) is 2.94. The van der Waals surface area contributed by atoms with Crippen LogP contribution in [-0.2, 0) is 4.79 Å². The van der Waals surface area contributed by atoms with Crippen molar-refractivity contribution in [2.24, 2.45) is 0 Å². The molecule has 0 aromatic heterocycles. The predicted octanol–water partition coefficient (Wildman–Crippen LogP) is 0.870. The summed E-state index contributed by atoms with van der Waals surface area (Å²) in [4.78, 5) is 9.76. The molecule has 3 heteroatoms. The van der Waals surface area contributed by atoms with Gasteiger partial charge in [0.05, 0.1) is 0 Å². The highest BCUT2D eigenvalue weighted by Gasteiger charge is 1.90. The number of carboxylic acids is 1. The van der Waals surface area contributed by atoms with Gasteiger partial charge in [0.25, 0.3) is 0 Å². The minimum Gasteiger partial charge on any atom is -0.481 e. The third-order valence-electron chi connectivity index (χ3n) is 0.744. The molecular formula is C6H14O3. The summed E-state index contributed by atoms with van der Waals surface area (Å²) in [6.45, 7) is 1.98. The fourth-order valence-electron chi connectivity index (χ4n) is 0.328. The van der Waals surface area contributed by atoms with Crippen LogP contribution in [0.1, 0.15) is 26.2 Å². The summed E-state index contributed by atoms with van der Waals surface area (Å²) >= 11 is 0. The monoisotopic (exact) mass is 134 g/mol. The summed E-state index contributed by atoms with van der Waals surface area (Å²) in [5.41, 5.74) is 0. The summed E-state index contributed by atoms with van der Waals surface area (Å²) in [6, 6.07) is 0. The molecule has 0 saturated heterocycles. The molecule has 0 aromatic rings. The Kier molecular flexibility index (Phi) is 13.0. The Morgan fingerprint density at radius 1 is 1.44 bits per heavy atom. The summed E-state index contributed by atoms with van der Waals surface area (Å²) in [5, 5.41) is 15.0. The Hall–Kier alpha value is -0.570. The van der Waals surface area contributed by atoms with Gasteiger partial charge in [-0.15, -0.1) is 0 Å². The standard InChI is InChI=1S/C5H10O2.CH4O/c1-2-3-4-5(6)7;1-2/h2-4H2,1H3,(H,6,7);2H,1H3. The van der Waals surface area contributed by atoms with E-state index in [9.17, 15) is 4.79 Å². The van der Waals surface area contributed by atoms with E-state index < -0.39 is 5.97 Å². The van der Waals surface area contributed by atoms with Crippen LogP contribution in [-0.4, -0.2) is 23.3 Å². The highest BCUT2D eigenvalue weighted by atomic mass is 16.4. The van der Waals surface area contributed by atoms with Crippen LogP contribution in [0.5, 0.6) is 0 Å². The number of aliphatic hydroxyl groups excluding tert-OH is 1. The second kappa shape index (κ2) is 10.4. The predicted molar refractivity (Wildman–Crippen MR) is 35.3 cm³/mol. The van der Waals surface area contributed by atoms with Crippen molar-refractivity contribution in [2.75, 3.05) is 7.11 Å². The molecule has 0 aliphatic heterocycles. The number of carbonyl (C=O) groups is 1. The van der Waals surface area contributed by atoms with Crippen LogP contribution in [0.15, 0.2) is 0 Å². The molecule has 0 saturated carbocycles. The molecule has 0 radical (unpaired) electrons. The molecule has 0 aliphatic carbocycles. The van der Waals surface area contributed by atoms with E-state index in [2.05, 4.69) is 0 Å². The molecule has 0 amide bonds. The van der Waals surface area contributed by atoms with Gasteiger partial charge in [0, 0.05) is 13.5 Å². The molecular weight excluding hydrogens is 120 g/mol. The van der Waals surface area contributed by atoms with Crippen LogP contribution in [0, 0.1) is 0 Å². The SMILES string of the molecule is CCCCC(=O)O.CO. The van der Waals surface area contributed by atoms with Gasteiger partial charge in [0.2, 0.25) is 0 Å². The van der Waals surface area contributed by atoms with E-state index in [1.807, 2.05) is 6.92 Å². The maximum atomic E-state index is 9.76. The Labute approximate surface area is 55.3 Å². The number of aliphatic hydroxyl groups is 1. The van der Waals surface area contributed by atoms with Gasteiger partial charge in [0.1, 0.15) is 0 Å². The summed E-state index contributed by atoms with van der Waals surface area (Å²) in [5.74, 6) is -0.693. The largest absolute Gasteiger partial charge is 0.481 e. The molecule has 0 aromatic carbocycles. The third kappa shape index (κ3) is 18.6. The first kappa shape index (κ1) is 11.3. The second-order valence-corrected chi connectivity index (χ2v) is 1.50. The van der Waals surface area contributed by atoms with Crippen molar-refractivity contribution in [3.8, 4) is 0 Å². The smallest absolute Gasteiger partial charge is 0.303 e. The molecule has 2 N–H and O–H groups in total.